The van der Waals surface area contributed by atoms with E-state index < -0.39 is 0 Å². The number of ether oxygens (including phenoxy) is 1. The summed E-state index contributed by atoms with van der Waals surface area (Å²) < 4.78 is 5.54. The van der Waals surface area contributed by atoms with Crippen LogP contribution in [0.5, 0.6) is 0 Å². The molecule has 0 saturated carbocycles. The van der Waals surface area contributed by atoms with Crippen LogP contribution in [0.15, 0.2) is 24.3 Å². The second-order valence-corrected chi connectivity index (χ2v) is 11.1. The summed E-state index contributed by atoms with van der Waals surface area (Å²) in [7, 11) is 0. The van der Waals surface area contributed by atoms with E-state index in [1.807, 2.05) is 13.0 Å². The fourth-order valence-corrected chi connectivity index (χ4v) is 7.19. The number of nitrogens with zero attached hydrogens (tertiary/aromatic N) is 6. The molecular weight excluding hydrogens is 466 g/mol. The van der Waals surface area contributed by atoms with Gasteiger partial charge >= 0.3 is 0 Å². The molecule has 4 aliphatic heterocycles. The van der Waals surface area contributed by atoms with Crippen LogP contribution in [-0.2, 0) is 4.74 Å². The van der Waals surface area contributed by atoms with Crippen molar-refractivity contribution in [3.63, 3.8) is 0 Å². The first-order chi connectivity index (χ1) is 18.1. The van der Waals surface area contributed by atoms with Gasteiger partial charge in [0.1, 0.15) is 5.82 Å². The Labute approximate surface area is 216 Å². The van der Waals surface area contributed by atoms with Gasteiger partial charge in [0, 0.05) is 59.6 Å². The third-order valence-corrected chi connectivity index (χ3v) is 8.76. The average Bonchev–Trinajstić information content (AvgIpc) is 3.45. The highest BCUT2D eigenvalue weighted by Gasteiger charge is 2.60. The Hall–Kier alpha value is -3.42. The van der Waals surface area contributed by atoms with Crippen molar-refractivity contribution < 1.29 is 4.74 Å². The van der Waals surface area contributed by atoms with E-state index in [9.17, 15) is 5.26 Å². The molecule has 0 spiro atoms. The largest absolute Gasteiger partial charge is 0.378 e. The maximum absolute atomic E-state index is 9.35. The summed E-state index contributed by atoms with van der Waals surface area (Å²) in [5.74, 6) is 2.14. The Kier molecular flexibility index (Phi) is 5.44. The summed E-state index contributed by atoms with van der Waals surface area (Å²) in [5, 5.41) is 24.8. The summed E-state index contributed by atoms with van der Waals surface area (Å²) in [4.78, 5) is 14.9. The molecule has 192 valence electrons. The Balaban J connectivity index is 1.18. The summed E-state index contributed by atoms with van der Waals surface area (Å²) in [6, 6.07) is 12.3. The molecule has 4 atom stereocenters. The van der Waals surface area contributed by atoms with E-state index in [0.29, 0.717) is 30.5 Å². The van der Waals surface area contributed by atoms with Gasteiger partial charge in [-0.15, -0.1) is 0 Å². The minimum atomic E-state index is 0.156. The lowest BCUT2D eigenvalue weighted by Gasteiger charge is -2.59. The number of fused-ring (bicyclic) bond motifs is 1. The number of nitriles is 1. The molecule has 4 aliphatic rings. The Morgan fingerprint density at radius 1 is 1.19 bits per heavy atom. The number of aryl methyl sites for hydroxylation is 1. The molecule has 4 fully saturated rings. The topological polar surface area (TPSA) is 118 Å². The average molecular weight is 500 g/mol. The number of hydrogen-bond acceptors (Lipinski definition) is 9. The van der Waals surface area contributed by atoms with Gasteiger partial charge in [0.25, 0.3) is 0 Å². The Bertz CT molecular complexity index is 1360. The van der Waals surface area contributed by atoms with Crippen molar-refractivity contribution >= 4 is 34.2 Å². The first-order valence-corrected chi connectivity index (χ1v) is 13.5. The van der Waals surface area contributed by atoms with Crippen LogP contribution in [0, 0.1) is 18.3 Å². The van der Waals surface area contributed by atoms with Gasteiger partial charge in [-0.2, -0.15) is 15.3 Å². The number of piperidine rings is 1. The highest BCUT2D eigenvalue weighted by molar-refractivity contribution is 5.93. The number of H-pyrrole nitrogens is 1. The van der Waals surface area contributed by atoms with Crippen LogP contribution < -0.4 is 15.5 Å². The van der Waals surface area contributed by atoms with Gasteiger partial charge in [0.05, 0.1) is 31.2 Å². The van der Waals surface area contributed by atoms with Crippen LogP contribution in [0.3, 0.4) is 0 Å². The summed E-state index contributed by atoms with van der Waals surface area (Å²) in [6.45, 7) is 5.24. The zero-order chi connectivity index (χ0) is 25.0. The molecule has 2 aromatic heterocycles. The van der Waals surface area contributed by atoms with E-state index in [4.69, 9.17) is 14.7 Å². The van der Waals surface area contributed by atoms with Crippen LogP contribution in [0.4, 0.5) is 23.3 Å². The summed E-state index contributed by atoms with van der Waals surface area (Å²) >= 11 is 0. The van der Waals surface area contributed by atoms with E-state index in [1.165, 1.54) is 6.42 Å². The fourth-order valence-electron chi connectivity index (χ4n) is 7.19. The minimum absolute atomic E-state index is 0.156. The molecule has 0 radical (unpaired) electrons. The zero-order valence-electron chi connectivity index (χ0n) is 21.2. The van der Waals surface area contributed by atoms with Crippen molar-refractivity contribution in [3.8, 4) is 6.07 Å². The van der Waals surface area contributed by atoms with E-state index in [1.54, 1.807) is 0 Å². The highest BCUT2D eigenvalue weighted by atomic mass is 16.5. The molecular formula is C27H33N9O. The Morgan fingerprint density at radius 2 is 2.05 bits per heavy atom. The van der Waals surface area contributed by atoms with Crippen molar-refractivity contribution in [2.75, 3.05) is 41.8 Å². The van der Waals surface area contributed by atoms with E-state index in [0.717, 1.165) is 85.9 Å². The van der Waals surface area contributed by atoms with Crippen LogP contribution in [-0.4, -0.2) is 75.0 Å². The standard InChI is InChI=1S/C27H33N9O/c1-17-12-24(34-33-17)31-25-22-3-2-19(35-8-10-37-11-9-35)15-23(22)30-26(32-25)29-18-13-20-4-5-27(6-7-28)16-21(14-18)36(20)27/h2-3,12,15,18,20-21H,4-6,8-11,13-14,16H2,1H3,(H3,29,30,31,32,33,34)/t18-,20-,21-,27?/m0/s1. The van der Waals surface area contributed by atoms with E-state index in [-0.39, 0.29) is 5.54 Å². The molecule has 4 saturated heterocycles. The quantitative estimate of drug-likeness (QED) is 0.466. The van der Waals surface area contributed by atoms with Crippen LogP contribution in [0.1, 0.15) is 44.2 Å². The SMILES string of the molecule is Cc1cc(Nc2nc(N[C@H]3C[C@@H]4CCC5(CC#N)C[C@H](C3)N45)nc3cc(N4CCOCC4)ccc23)n[nH]1. The summed E-state index contributed by atoms with van der Waals surface area (Å²) in [5.41, 5.74) is 3.21. The normalized spacial score (nSPS) is 29.0. The van der Waals surface area contributed by atoms with Gasteiger partial charge in [-0.1, -0.05) is 0 Å². The lowest BCUT2D eigenvalue weighted by atomic mass is 9.72. The summed E-state index contributed by atoms with van der Waals surface area (Å²) in [6.07, 6.45) is 6.28. The third-order valence-electron chi connectivity index (χ3n) is 8.76. The highest BCUT2D eigenvalue weighted by Crippen LogP contribution is 2.55. The molecule has 10 heteroatoms. The number of aromatic nitrogens is 4. The number of hydrogen-bond donors (Lipinski definition) is 3. The van der Waals surface area contributed by atoms with Crippen LogP contribution >= 0.6 is 0 Å². The number of aromatic amines is 1. The lowest BCUT2D eigenvalue weighted by Crippen LogP contribution is -2.68. The second kappa shape index (κ2) is 8.85. The minimum Gasteiger partial charge on any atom is -0.378 e. The second-order valence-electron chi connectivity index (χ2n) is 11.1. The van der Waals surface area contributed by atoms with Crippen molar-refractivity contribution in [3.05, 3.63) is 30.0 Å². The molecule has 1 aromatic carbocycles. The van der Waals surface area contributed by atoms with Crippen molar-refractivity contribution in [2.45, 2.75) is 69.1 Å². The maximum Gasteiger partial charge on any atom is 0.225 e. The first-order valence-electron chi connectivity index (χ1n) is 13.5. The maximum atomic E-state index is 9.35. The van der Waals surface area contributed by atoms with Crippen LogP contribution in [0.25, 0.3) is 10.9 Å². The van der Waals surface area contributed by atoms with Gasteiger partial charge < -0.3 is 20.3 Å². The zero-order valence-corrected chi connectivity index (χ0v) is 21.2. The van der Waals surface area contributed by atoms with Gasteiger partial charge in [0.2, 0.25) is 5.95 Å². The fraction of sp³-hybridized carbons (Fsp3) is 0.556. The Morgan fingerprint density at radius 3 is 2.86 bits per heavy atom. The van der Waals surface area contributed by atoms with E-state index >= 15 is 0 Å². The van der Waals surface area contributed by atoms with Gasteiger partial charge in [-0.05, 0) is 57.2 Å². The van der Waals surface area contributed by atoms with Crippen molar-refractivity contribution in [1.82, 2.24) is 25.1 Å². The monoisotopic (exact) mass is 499 g/mol. The molecule has 0 aliphatic carbocycles. The van der Waals surface area contributed by atoms with Gasteiger partial charge in [0.15, 0.2) is 5.82 Å². The van der Waals surface area contributed by atoms with Gasteiger partial charge in [-0.25, -0.2) is 4.98 Å². The van der Waals surface area contributed by atoms with Crippen LogP contribution in [0.2, 0.25) is 0 Å². The van der Waals surface area contributed by atoms with Gasteiger partial charge in [-0.3, -0.25) is 10.00 Å². The van der Waals surface area contributed by atoms with E-state index in [2.05, 4.69) is 54.9 Å². The molecule has 3 N–H and O–H groups in total. The molecule has 10 nitrogen and oxygen atoms in total. The molecule has 3 aromatic rings. The third kappa shape index (κ3) is 3.97. The molecule has 7 rings (SSSR count). The molecule has 0 bridgehead atoms. The van der Waals surface area contributed by atoms with Crippen molar-refractivity contribution in [2.24, 2.45) is 0 Å². The predicted molar refractivity (Wildman–Crippen MR) is 142 cm³/mol. The number of anilines is 4. The molecule has 1 unspecified atom stereocenters. The lowest BCUT2D eigenvalue weighted by molar-refractivity contribution is -0.0880. The molecule has 0 amide bonds. The number of morpholine rings is 1. The van der Waals surface area contributed by atoms with Crippen molar-refractivity contribution in [1.29, 1.82) is 5.26 Å². The first kappa shape index (κ1) is 22.8. The number of nitrogens with one attached hydrogen (secondary N) is 3. The predicted octanol–water partition coefficient (Wildman–Crippen LogP) is 3.71. The number of rotatable bonds is 6. The smallest absolute Gasteiger partial charge is 0.225 e. The molecule has 6 heterocycles. The number of benzene rings is 1. The molecule has 37 heavy (non-hydrogen) atoms.